The topological polar surface area (TPSA) is 78.1 Å². The molecule has 0 saturated heterocycles. The van der Waals surface area contributed by atoms with Crippen molar-refractivity contribution < 1.29 is 18.3 Å². The third kappa shape index (κ3) is 2.86. The van der Waals surface area contributed by atoms with Gasteiger partial charge in [-0.2, -0.15) is 0 Å². The van der Waals surface area contributed by atoms with E-state index < -0.39 is 11.8 Å². The molecular formula is C13H17F2N3O2. The summed E-state index contributed by atoms with van der Waals surface area (Å²) >= 11 is 0. The molecule has 5 nitrogen and oxygen atoms in total. The number of nitrogens with zero attached hydrogens (tertiary/aromatic N) is 2. The lowest BCUT2D eigenvalue weighted by Crippen LogP contribution is -2.25. The van der Waals surface area contributed by atoms with Crippen molar-refractivity contribution >= 4 is 5.91 Å². The van der Waals surface area contributed by atoms with E-state index in [1.54, 1.807) is 6.92 Å². The normalized spacial score (nSPS) is 18.8. The van der Waals surface area contributed by atoms with E-state index in [9.17, 15) is 13.6 Å². The molecular weight excluding hydrogens is 268 g/mol. The Morgan fingerprint density at radius 3 is 2.45 bits per heavy atom. The van der Waals surface area contributed by atoms with Crippen molar-refractivity contribution in [2.75, 3.05) is 7.11 Å². The van der Waals surface area contributed by atoms with Crippen molar-refractivity contribution in [1.82, 2.24) is 9.97 Å². The number of carbonyl (C=O) groups excluding carboxylic acids is 1. The minimum Gasteiger partial charge on any atom is -0.480 e. The molecule has 0 spiro atoms. The van der Waals surface area contributed by atoms with Gasteiger partial charge in [0.15, 0.2) is 5.69 Å². The van der Waals surface area contributed by atoms with Crippen LogP contribution in [0.25, 0.3) is 0 Å². The monoisotopic (exact) mass is 285 g/mol. The lowest BCUT2D eigenvalue weighted by atomic mass is 9.84. The lowest BCUT2D eigenvalue weighted by Gasteiger charge is -2.28. The number of nitrogens with two attached hydrogens (primary N) is 1. The Balaban J connectivity index is 2.32. The van der Waals surface area contributed by atoms with Crippen LogP contribution in [0.5, 0.6) is 5.88 Å². The molecule has 0 aromatic carbocycles. The number of amides is 1. The molecule has 2 N–H and O–H groups in total. The number of hydrogen-bond acceptors (Lipinski definition) is 4. The Hall–Kier alpha value is -1.79. The predicted octanol–water partition coefficient (Wildman–Crippen LogP) is 2.19. The van der Waals surface area contributed by atoms with Crippen LogP contribution >= 0.6 is 0 Å². The molecule has 110 valence electrons. The summed E-state index contributed by atoms with van der Waals surface area (Å²) in [5.41, 5.74) is 6.18. The second kappa shape index (κ2) is 5.30. The first-order valence-corrected chi connectivity index (χ1v) is 6.44. The largest absolute Gasteiger partial charge is 0.480 e. The van der Waals surface area contributed by atoms with E-state index in [0.29, 0.717) is 24.2 Å². The van der Waals surface area contributed by atoms with Crippen LogP contribution < -0.4 is 10.5 Å². The van der Waals surface area contributed by atoms with Crippen molar-refractivity contribution in [3.63, 3.8) is 0 Å². The summed E-state index contributed by atoms with van der Waals surface area (Å²) in [6.45, 7) is 1.62. The maximum absolute atomic E-state index is 13.2. The molecule has 1 amide bonds. The van der Waals surface area contributed by atoms with Crippen molar-refractivity contribution in [1.29, 1.82) is 0 Å². The van der Waals surface area contributed by atoms with Gasteiger partial charge in [-0.25, -0.2) is 18.7 Å². The zero-order valence-corrected chi connectivity index (χ0v) is 11.4. The lowest BCUT2D eigenvalue weighted by molar-refractivity contribution is -0.0386. The molecule has 0 atom stereocenters. The minimum atomic E-state index is -2.60. The van der Waals surface area contributed by atoms with Gasteiger partial charge in [0.25, 0.3) is 5.91 Å². The summed E-state index contributed by atoms with van der Waals surface area (Å²) in [5.74, 6) is -3.22. The van der Waals surface area contributed by atoms with Gasteiger partial charge in [0, 0.05) is 18.8 Å². The van der Waals surface area contributed by atoms with Crippen molar-refractivity contribution in [3.05, 3.63) is 17.1 Å². The van der Waals surface area contributed by atoms with Gasteiger partial charge in [0.05, 0.1) is 12.8 Å². The first kappa shape index (κ1) is 14.6. The number of alkyl halides is 2. The third-order valence-electron chi connectivity index (χ3n) is 3.59. The maximum Gasteiger partial charge on any atom is 0.269 e. The van der Waals surface area contributed by atoms with Crippen LogP contribution in [-0.4, -0.2) is 28.9 Å². The summed E-state index contributed by atoms with van der Waals surface area (Å²) in [4.78, 5) is 19.6. The van der Waals surface area contributed by atoms with Gasteiger partial charge in [-0.3, -0.25) is 4.79 Å². The Bertz CT molecular complexity index is 525. The van der Waals surface area contributed by atoms with E-state index in [4.69, 9.17) is 10.5 Å². The summed E-state index contributed by atoms with van der Waals surface area (Å²) < 4.78 is 31.5. The number of aryl methyl sites for hydroxylation is 1. The predicted molar refractivity (Wildman–Crippen MR) is 68.0 cm³/mol. The fourth-order valence-corrected chi connectivity index (χ4v) is 2.48. The van der Waals surface area contributed by atoms with Gasteiger partial charge in [0.1, 0.15) is 5.69 Å². The number of rotatable bonds is 3. The quantitative estimate of drug-likeness (QED) is 0.923. The molecule has 2 rings (SSSR count). The summed E-state index contributed by atoms with van der Waals surface area (Å²) in [5, 5.41) is 0. The van der Waals surface area contributed by atoms with Crippen LogP contribution in [0.3, 0.4) is 0 Å². The first-order valence-electron chi connectivity index (χ1n) is 6.44. The van der Waals surface area contributed by atoms with Crippen molar-refractivity contribution in [2.45, 2.75) is 44.4 Å². The number of primary amides is 1. The smallest absolute Gasteiger partial charge is 0.269 e. The SMILES string of the molecule is COc1nc(C(N)=O)c(C)nc1C1CCC(F)(F)CC1. The van der Waals surface area contributed by atoms with E-state index in [0.717, 1.165) is 0 Å². The Kier molecular flexibility index (Phi) is 3.87. The molecule has 7 heteroatoms. The fraction of sp³-hybridized carbons (Fsp3) is 0.615. The van der Waals surface area contributed by atoms with Crippen molar-refractivity contribution in [2.24, 2.45) is 5.73 Å². The van der Waals surface area contributed by atoms with Crippen LogP contribution in [0.2, 0.25) is 0 Å². The zero-order chi connectivity index (χ0) is 14.9. The van der Waals surface area contributed by atoms with Crippen LogP contribution in [0.15, 0.2) is 0 Å². The third-order valence-corrected chi connectivity index (χ3v) is 3.59. The van der Waals surface area contributed by atoms with Crippen LogP contribution in [0.4, 0.5) is 8.78 Å². The number of carbonyl (C=O) groups is 1. The number of halogens is 2. The first-order chi connectivity index (χ1) is 9.34. The minimum absolute atomic E-state index is 0.0479. The number of aromatic nitrogens is 2. The average molecular weight is 285 g/mol. The molecule has 1 aromatic heterocycles. The van der Waals surface area contributed by atoms with Gasteiger partial charge in [0.2, 0.25) is 11.8 Å². The van der Waals surface area contributed by atoms with E-state index in [-0.39, 0.29) is 30.3 Å². The number of hydrogen-bond donors (Lipinski definition) is 1. The van der Waals surface area contributed by atoms with E-state index in [1.807, 2.05) is 0 Å². The Labute approximate surface area is 115 Å². The highest BCUT2D eigenvalue weighted by Crippen LogP contribution is 2.42. The highest BCUT2D eigenvalue weighted by molar-refractivity contribution is 5.91. The molecule has 0 bridgehead atoms. The zero-order valence-electron chi connectivity index (χ0n) is 11.4. The van der Waals surface area contributed by atoms with Crippen LogP contribution in [0, 0.1) is 6.92 Å². The standard InChI is InChI=1S/C13H17F2N3O2/c1-7-9(11(16)19)18-12(20-2)10(17-7)8-3-5-13(14,15)6-4-8/h8H,3-6H2,1-2H3,(H2,16,19). The molecule has 1 aliphatic rings. The molecule has 1 aromatic rings. The van der Waals surface area contributed by atoms with E-state index in [1.165, 1.54) is 7.11 Å². The van der Waals surface area contributed by atoms with Gasteiger partial charge >= 0.3 is 0 Å². The second-order valence-electron chi connectivity index (χ2n) is 5.05. The van der Waals surface area contributed by atoms with Gasteiger partial charge < -0.3 is 10.5 Å². The van der Waals surface area contributed by atoms with Gasteiger partial charge in [-0.1, -0.05) is 0 Å². The van der Waals surface area contributed by atoms with Crippen LogP contribution in [0.1, 0.15) is 53.5 Å². The highest BCUT2D eigenvalue weighted by Gasteiger charge is 2.37. The molecule has 1 heterocycles. The fourth-order valence-electron chi connectivity index (χ4n) is 2.48. The highest BCUT2D eigenvalue weighted by atomic mass is 19.3. The van der Waals surface area contributed by atoms with Gasteiger partial charge in [-0.05, 0) is 19.8 Å². The Morgan fingerprint density at radius 1 is 1.35 bits per heavy atom. The molecule has 0 unspecified atom stereocenters. The molecule has 0 radical (unpaired) electrons. The maximum atomic E-state index is 13.2. The molecule has 1 aliphatic carbocycles. The summed E-state index contributed by atoms with van der Waals surface area (Å²) in [7, 11) is 1.41. The molecule has 0 aliphatic heterocycles. The van der Waals surface area contributed by atoms with Crippen LogP contribution in [-0.2, 0) is 0 Å². The molecule has 20 heavy (non-hydrogen) atoms. The van der Waals surface area contributed by atoms with Crippen molar-refractivity contribution in [3.8, 4) is 5.88 Å². The number of ether oxygens (including phenoxy) is 1. The Morgan fingerprint density at radius 2 is 1.95 bits per heavy atom. The average Bonchev–Trinajstić information content (AvgIpc) is 2.38. The van der Waals surface area contributed by atoms with E-state index >= 15 is 0 Å². The second-order valence-corrected chi connectivity index (χ2v) is 5.05. The number of methoxy groups -OCH3 is 1. The molecule has 1 fully saturated rings. The summed E-state index contributed by atoms with van der Waals surface area (Å²) in [6.07, 6.45) is 0.318. The van der Waals surface area contributed by atoms with E-state index in [2.05, 4.69) is 9.97 Å². The summed E-state index contributed by atoms with van der Waals surface area (Å²) in [6, 6.07) is 0. The molecule has 1 saturated carbocycles. The van der Waals surface area contributed by atoms with Gasteiger partial charge in [-0.15, -0.1) is 0 Å².